The quantitative estimate of drug-likeness (QED) is 0.274. The maximum Gasteiger partial charge on any atom is 0.335 e. The van der Waals surface area contributed by atoms with E-state index in [1.54, 1.807) is 17.9 Å². The van der Waals surface area contributed by atoms with Gasteiger partial charge in [0.2, 0.25) is 0 Å². The topological polar surface area (TPSA) is 65.7 Å². The first-order chi connectivity index (χ1) is 16.5. The summed E-state index contributed by atoms with van der Waals surface area (Å²) in [5, 5.41) is 0. The lowest BCUT2D eigenvalue weighted by Crippen LogP contribution is -2.52. The summed E-state index contributed by atoms with van der Waals surface area (Å²) >= 11 is 0. The highest BCUT2D eigenvalue weighted by Gasteiger charge is 2.57. The van der Waals surface area contributed by atoms with Crippen LogP contribution in [0, 0.1) is 34.0 Å². The van der Waals surface area contributed by atoms with Crippen LogP contribution in [0.4, 0.5) is 0 Å². The Labute approximate surface area is 209 Å². The van der Waals surface area contributed by atoms with Crippen LogP contribution >= 0.6 is 0 Å². The van der Waals surface area contributed by atoms with E-state index in [1.165, 1.54) is 37.7 Å². The first kappa shape index (κ1) is 24.8. The Morgan fingerprint density at radius 2 is 1.91 bits per heavy atom. The molecule has 0 aromatic carbocycles. The number of carbonyl (C=O) groups is 1. The van der Waals surface area contributed by atoms with E-state index >= 15 is 0 Å². The second kappa shape index (κ2) is 8.90. The van der Waals surface area contributed by atoms with Crippen molar-refractivity contribution in [1.82, 2.24) is 0 Å². The van der Waals surface area contributed by atoms with Gasteiger partial charge in [-0.3, -0.25) is 4.79 Å². The zero-order valence-electron chi connectivity index (χ0n) is 22.1. The molecule has 0 aliphatic heterocycles. The largest absolute Gasteiger partial charge is 0.438 e. The highest BCUT2D eigenvalue weighted by Crippen LogP contribution is 2.67. The zero-order chi connectivity index (χ0) is 25.0. The molecule has 0 bridgehead atoms. The summed E-state index contributed by atoms with van der Waals surface area (Å²) in [7, 11) is 0. The number of hydrogen-bond donors (Lipinski definition) is 0. The highest BCUT2D eigenvalue weighted by molar-refractivity contribution is 5.75. The number of carbonyl (C=O) groups excluding carboxylic acids is 1. The van der Waals surface area contributed by atoms with Crippen molar-refractivity contribution in [3.8, 4) is 0 Å². The normalized spacial score (nSPS) is 38.7. The number of allylic oxidation sites excluding steroid dienone is 2. The van der Waals surface area contributed by atoms with Crippen molar-refractivity contribution in [3.63, 3.8) is 0 Å². The van der Waals surface area contributed by atoms with Crippen molar-refractivity contribution in [2.75, 3.05) is 6.79 Å². The fraction of sp³-hybridized carbons (Fsp3) is 0.733. The third-order valence-corrected chi connectivity index (χ3v) is 10.3. The van der Waals surface area contributed by atoms with E-state index in [2.05, 4.69) is 19.9 Å². The second-order valence-electron chi connectivity index (χ2n) is 13.1. The number of ether oxygens (including phenoxy) is 2. The van der Waals surface area contributed by atoms with E-state index in [4.69, 9.17) is 13.9 Å². The van der Waals surface area contributed by atoms with Crippen LogP contribution in [0.25, 0.3) is 0 Å². The van der Waals surface area contributed by atoms with Gasteiger partial charge in [-0.25, -0.2) is 4.79 Å². The Hall–Kier alpha value is -1.88. The van der Waals surface area contributed by atoms with Gasteiger partial charge < -0.3 is 13.9 Å². The first-order valence-corrected chi connectivity index (χ1v) is 13.6. The van der Waals surface area contributed by atoms with Crippen LogP contribution in [0.1, 0.15) is 97.5 Å². The molecular formula is C30H42O5. The summed E-state index contributed by atoms with van der Waals surface area (Å²) in [5.74, 6) is 2.28. The van der Waals surface area contributed by atoms with E-state index in [0.29, 0.717) is 23.2 Å². The molecule has 0 radical (unpaired) electrons. The van der Waals surface area contributed by atoms with Gasteiger partial charge in [-0.2, -0.15) is 0 Å². The molecule has 1 aromatic heterocycles. The molecule has 5 rings (SSSR count). The van der Waals surface area contributed by atoms with Crippen LogP contribution in [0.2, 0.25) is 0 Å². The Balaban J connectivity index is 1.24. The lowest BCUT2D eigenvalue weighted by molar-refractivity contribution is -0.177. The average Bonchev–Trinajstić information content (AvgIpc) is 3.16. The minimum absolute atomic E-state index is 0.0719. The molecule has 1 heterocycles. The molecule has 4 aliphatic rings. The standard InChI is InChI=1S/C30H42O5/c1-28(2,3)27(32)35-18-34-21-12-14-29(4)20(16-21)7-8-22-24-10-9-23(19-6-11-26(31)33-17-19)30(24,5)15-13-25(22)29/h6,10-11,17,20-23,25H,7-9,12-16,18H2,1-5H3/t20-,21+,22+,23-,25+,29+,30-/m1/s1. The Kier molecular flexibility index (Phi) is 6.31. The Bertz CT molecular complexity index is 1030. The molecule has 3 saturated carbocycles. The summed E-state index contributed by atoms with van der Waals surface area (Å²) in [4.78, 5) is 23.6. The molecule has 3 fully saturated rings. The second-order valence-corrected chi connectivity index (χ2v) is 13.1. The summed E-state index contributed by atoms with van der Waals surface area (Å²) in [6.45, 7) is 10.7. The third kappa shape index (κ3) is 4.32. The van der Waals surface area contributed by atoms with Crippen LogP contribution in [0.3, 0.4) is 0 Å². The number of fused-ring (bicyclic) bond motifs is 5. The smallest absolute Gasteiger partial charge is 0.335 e. The first-order valence-electron chi connectivity index (χ1n) is 13.6. The third-order valence-electron chi connectivity index (χ3n) is 10.3. The molecule has 7 atom stereocenters. The van der Waals surface area contributed by atoms with Gasteiger partial charge in [-0.05, 0) is 118 Å². The van der Waals surface area contributed by atoms with Crippen molar-refractivity contribution in [2.24, 2.45) is 34.0 Å². The summed E-state index contributed by atoms with van der Waals surface area (Å²) in [5.41, 5.74) is 2.60. The molecule has 0 N–H and O–H groups in total. The molecule has 0 saturated heterocycles. The zero-order valence-corrected chi connectivity index (χ0v) is 22.1. The maximum absolute atomic E-state index is 12.1. The van der Waals surface area contributed by atoms with Crippen molar-refractivity contribution >= 4 is 5.97 Å². The fourth-order valence-corrected chi connectivity index (χ4v) is 8.17. The van der Waals surface area contributed by atoms with Gasteiger partial charge in [0.05, 0.1) is 17.8 Å². The number of rotatable bonds is 4. The van der Waals surface area contributed by atoms with Gasteiger partial charge in [0.25, 0.3) is 0 Å². The van der Waals surface area contributed by atoms with Gasteiger partial charge >= 0.3 is 11.6 Å². The van der Waals surface area contributed by atoms with Gasteiger partial charge in [0, 0.05) is 6.07 Å². The molecule has 0 amide bonds. The minimum atomic E-state index is -0.495. The van der Waals surface area contributed by atoms with Crippen LogP contribution in [-0.4, -0.2) is 18.9 Å². The van der Waals surface area contributed by atoms with Gasteiger partial charge in [0.15, 0.2) is 6.79 Å². The molecular weight excluding hydrogens is 440 g/mol. The van der Waals surface area contributed by atoms with Crippen molar-refractivity contribution in [2.45, 2.75) is 98.0 Å². The summed E-state index contributed by atoms with van der Waals surface area (Å²) in [6, 6.07) is 3.54. The molecule has 5 nitrogen and oxygen atoms in total. The summed E-state index contributed by atoms with van der Waals surface area (Å²) < 4.78 is 16.7. The predicted molar refractivity (Wildman–Crippen MR) is 135 cm³/mol. The van der Waals surface area contributed by atoms with E-state index < -0.39 is 5.41 Å². The molecule has 35 heavy (non-hydrogen) atoms. The van der Waals surface area contributed by atoms with Crippen molar-refractivity contribution in [3.05, 3.63) is 46.0 Å². The Morgan fingerprint density at radius 1 is 1.11 bits per heavy atom. The molecule has 192 valence electrons. The van der Waals surface area contributed by atoms with E-state index in [0.717, 1.165) is 25.2 Å². The highest BCUT2D eigenvalue weighted by atomic mass is 16.7. The SMILES string of the molecule is CC(C)(C)C(=O)OCO[C@H]1CC[C@@]2(C)[C@H](CC[C@H]3C4=CC[C@H](c5ccc(=O)oc5)[C@@]4(C)CC[C@@H]32)C1. The molecule has 5 heteroatoms. The lowest BCUT2D eigenvalue weighted by Gasteiger charge is -2.59. The summed E-state index contributed by atoms with van der Waals surface area (Å²) in [6.07, 6.45) is 13.8. The molecule has 0 unspecified atom stereocenters. The molecule has 4 aliphatic carbocycles. The van der Waals surface area contributed by atoms with Crippen molar-refractivity contribution in [1.29, 1.82) is 0 Å². The molecule has 0 spiro atoms. The molecule has 1 aromatic rings. The maximum atomic E-state index is 12.1. The van der Waals surface area contributed by atoms with E-state index in [1.807, 2.05) is 26.8 Å². The van der Waals surface area contributed by atoms with Crippen LogP contribution in [0.15, 0.2) is 39.3 Å². The lowest BCUT2D eigenvalue weighted by atomic mass is 9.46. The minimum Gasteiger partial charge on any atom is -0.438 e. The van der Waals surface area contributed by atoms with Crippen molar-refractivity contribution < 1.29 is 18.7 Å². The number of esters is 1. The fourth-order valence-electron chi connectivity index (χ4n) is 8.17. The monoisotopic (exact) mass is 482 g/mol. The van der Waals surface area contributed by atoms with Gasteiger partial charge in [-0.15, -0.1) is 0 Å². The van der Waals surface area contributed by atoms with Crippen LogP contribution < -0.4 is 5.63 Å². The number of hydrogen-bond acceptors (Lipinski definition) is 5. The van der Waals surface area contributed by atoms with E-state index in [9.17, 15) is 9.59 Å². The van der Waals surface area contributed by atoms with Gasteiger partial charge in [0.1, 0.15) is 0 Å². The van der Waals surface area contributed by atoms with Crippen LogP contribution in [-0.2, 0) is 14.3 Å². The Morgan fingerprint density at radius 3 is 2.63 bits per heavy atom. The predicted octanol–water partition coefficient (Wildman–Crippen LogP) is 6.62. The van der Waals surface area contributed by atoms with Crippen LogP contribution in [0.5, 0.6) is 0 Å². The van der Waals surface area contributed by atoms with Gasteiger partial charge in [-0.1, -0.05) is 25.5 Å². The average molecular weight is 483 g/mol. The van der Waals surface area contributed by atoms with E-state index in [-0.39, 0.29) is 29.9 Å².